The number of allylic oxidation sites excluding steroid dienone is 1. The van der Waals surface area contributed by atoms with Crippen LogP contribution in [0.1, 0.15) is 47.0 Å². The number of nitrogens with two attached hydrogens (primary N) is 1. The summed E-state index contributed by atoms with van der Waals surface area (Å²) in [5.74, 6) is 0. The highest BCUT2D eigenvalue weighted by Gasteiger charge is 2.19. The second kappa shape index (κ2) is 4.66. The lowest BCUT2D eigenvalue weighted by Gasteiger charge is -2.27. The van der Waals surface area contributed by atoms with E-state index in [2.05, 4.69) is 34.3 Å². The van der Waals surface area contributed by atoms with Crippen molar-refractivity contribution in [1.82, 2.24) is 0 Å². The first-order chi connectivity index (χ1) is 5.37. The van der Waals surface area contributed by atoms with Crippen LogP contribution in [0.15, 0.2) is 12.2 Å². The molecule has 0 aliphatic carbocycles. The number of hydrogen-bond acceptors (Lipinski definition) is 1. The van der Waals surface area contributed by atoms with E-state index in [9.17, 15) is 0 Å². The minimum Gasteiger partial charge on any atom is -0.328 e. The van der Waals surface area contributed by atoms with Gasteiger partial charge in [-0.05, 0) is 31.6 Å². The molecule has 0 aromatic rings. The van der Waals surface area contributed by atoms with Gasteiger partial charge in [-0.3, -0.25) is 0 Å². The highest BCUT2D eigenvalue weighted by molar-refractivity contribution is 4.97. The van der Waals surface area contributed by atoms with Gasteiger partial charge in [0.05, 0.1) is 0 Å². The third-order valence-corrected chi connectivity index (χ3v) is 2.10. The van der Waals surface area contributed by atoms with E-state index in [1.807, 2.05) is 0 Å². The maximum atomic E-state index is 5.77. The van der Waals surface area contributed by atoms with Gasteiger partial charge in [0.1, 0.15) is 0 Å². The van der Waals surface area contributed by atoms with Gasteiger partial charge in [0.25, 0.3) is 0 Å². The van der Waals surface area contributed by atoms with Crippen molar-refractivity contribution in [3.05, 3.63) is 12.2 Å². The molecule has 1 heteroatoms. The Morgan fingerprint density at radius 2 is 2.00 bits per heavy atom. The predicted octanol–water partition coefficient (Wildman–Crippen LogP) is 3.11. The molecule has 2 N–H and O–H groups in total. The second-order valence-electron chi connectivity index (χ2n) is 4.63. The first-order valence-corrected chi connectivity index (χ1v) is 4.79. The number of rotatable bonds is 5. The Morgan fingerprint density at radius 3 is 2.33 bits per heavy atom. The third-order valence-electron chi connectivity index (χ3n) is 2.10. The van der Waals surface area contributed by atoms with E-state index >= 15 is 0 Å². The Labute approximate surface area is 77.0 Å². The summed E-state index contributed by atoms with van der Waals surface area (Å²) in [7, 11) is 0. The molecule has 1 nitrogen and oxygen atoms in total. The van der Waals surface area contributed by atoms with E-state index in [1.54, 1.807) is 0 Å². The van der Waals surface area contributed by atoms with Crippen molar-refractivity contribution in [3.8, 4) is 0 Å². The van der Waals surface area contributed by atoms with Crippen molar-refractivity contribution in [2.24, 2.45) is 11.1 Å². The molecule has 1 atom stereocenters. The van der Waals surface area contributed by atoms with Gasteiger partial charge in [-0.25, -0.2) is 0 Å². The average molecular weight is 169 g/mol. The summed E-state index contributed by atoms with van der Waals surface area (Å²) in [5, 5.41) is 0. The standard InChI is InChI=1S/C11H23N/c1-6-9(2)7-11(4,5)8-10(3)12/h10H,2,6-8,12H2,1,3-5H3. The Bertz CT molecular complexity index is 145. The molecular weight excluding hydrogens is 146 g/mol. The fraction of sp³-hybridized carbons (Fsp3) is 0.818. The topological polar surface area (TPSA) is 26.0 Å². The highest BCUT2D eigenvalue weighted by Crippen LogP contribution is 2.30. The molecule has 0 saturated heterocycles. The molecule has 0 heterocycles. The molecule has 0 aromatic carbocycles. The van der Waals surface area contributed by atoms with E-state index < -0.39 is 0 Å². The van der Waals surface area contributed by atoms with Gasteiger partial charge in [0.15, 0.2) is 0 Å². The predicted molar refractivity (Wildman–Crippen MR) is 56.1 cm³/mol. The van der Waals surface area contributed by atoms with Gasteiger partial charge < -0.3 is 5.73 Å². The van der Waals surface area contributed by atoms with E-state index in [-0.39, 0.29) is 0 Å². The van der Waals surface area contributed by atoms with Crippen LogP contribution < -0.4 is 5.73 Å². The molecule has 0 bridgehead atoms. The first-order valence-electron chi connectivity index (χ1n) is 4.79. The van der Waals surface area contributed by atoms with Crippen molar-refractivity contribution in [1.29, 1.82) is 0 Å². The molecule has 72 valence electrons. The summed E-state index contributed by atoms with van der Waals surface area (Å²) in [5.41, 5.74) is 7.42. The quantitative estimate of drug-likeness (QED) is 0.629. The summed E-state index contributed by atoms with van der Waals surface area (Å²) in [6.45, 7) is 12.8. The lowest BCUT2D eigenvalue weighted by molar-refractivity contribution is 0.307. The molecular formula is C11H23N. The van der Waals surface area contributed by atoms with Crippen molar-refractivity contribution in [2.75, 3.05) is 0 Å². The number of hydrogen-bond donors (Lipinski definition) is 1. The highest BCUT2D eigenvalue weighted by atomic mass is 14.6. The first kappa shape index (κ1) is 11.7. The maximum absolute atomic E-state index is 5.77. The summed E-state index contributed by atoms with van der Waals surface area (Å²) in [6, 6.07) is 0.296. The Hall–Kier alpha value is -0.300. The van der Waals surface area contributed by atoms with Crippen molar-refractivity contribution in [2.45, 2.75) is 53.0 Å². The zero-order valence-electron chi connectivity index (χ0n) is 8.98. The molecule has 0 spiro atoms. The summed E-state index contributed by atoms with van der Waals surface area (Å²) in [4.78, 5) is 0. The van der Waals surface area contributed by atoms with Crippen LogP contribution in [0, 0.1) is 5.41 Å². The minimum atomic E-state index is 0.296. The molecule has 0 aliphatic heterocycles. The monoisotopic (exact) mass is 169 g/mol. The van der Waals surface area contributed by atoms with Crippen molar-refractivity contribution < 1.29 is 0 Å². The smallest absolute Gasteiger partial charge is 0.00156 e. The molecule has 1 unspecified atom stereocenters. The molecule has 0 amide bonds. The Balaban J connectivity index is 3.94. The molecule has 0 fully saturated rings. The molecule has 0 saturated carbocycles. The second-order valence-corrected chi connectivity index (χ2v) is 4.63. The van der Waals surface area contributed by atoms with Gasteiger partial charge in [-0.15, -0.1) is 0 Å². The lowest BCUT2D eigenvalue weighted by Crippen LogP contribution is -2.25. The zero-order valence-corrected chi connectivity index (χ0v) is 8.98. The Kier molecular flexibility index (Phi) is 4.54. The molecule has 0 rings (SSSR count). The average Bonchev–Trinajstić information content (AvgIpc) is 1.83. The van der Waals surface area contributed by atoms with Gasteiger partial charge in [0, 0.05) is 6.04 Å². The van der Waals surface area contributed by atoms with Gasteiger partial charge >= 0.3 is 0 Å². The SMILES string of the molecule is C=C(CC)CC(C)(C)CC(C)N. The van der Waals surface area contributed by atoms with Gasteiger partial charge in [-0.2, -0.15) is 0 Å². The van der Waals surface area contributed by atoms with Crippen molar-refractivity contribution in [3.63, 3.8) is 0 Å². The third kappa shape index (κ3) is 5.36. The summed E-state index contributed by atoms with van der Waals surface area (Å²) >= 11 is 0. The molecule has 0 radical (unpaired) electrons. The van der Waals surface area contributed by atoms with Crippen LogP contribution in [-0.2, 0) is 0 Å². The van der Waals surface area contributed by atoms with E-state index in [0.29, 0.717) is 11.5 Å². The minimum absolute atomic E-state index is 0.296. The lowest BCUT2D eigenvalue weighted by atomic mass is 9.80. The Morgan fingerprint density at radius 1 is 1.50 bits per heavy atom. The van der Waals surface area contributed by atoms with Gasteiger partial charge in [-0.1, -0.05) is 32.9 Å². The van der Waals surface area contributed by atoms with Crippen LogP contribution >= 0.6 is 0 Å². The zero-order chi connectivity index (χ0) is 9.78. The van der Waals surface area contributed by atoms with Crippen LogP contribution in [0.3, 0.4) is 0 Å². The van der Waals surface area contributed by atoms with E-state index in [4.69, 9.17) is 5.73 Å². The fourth-order valence-corrected chi connectivity index (χ4v) is 1.75. The van der Waals surface area contributed by atoms with Crippen LogP contribution in [0.4, 0.5) is 0 Å². The fourth-order valence-electron chi connectivity index (χ4n) is 1.75. The van der Waals surface area contributed by atoms with E-state index in [0.717, 1.165) is 19.3 Å². The van der Waals surface area contributed by atoms with Crippen LogP contribution in [0.25, 0.3) is 0 Å². The van der Waals surface area contributed by atoms with Crippen LogP contribution in [0.2, 0.25) is 0 Å². The van der Waals surface area contributed by atoms with Crippen LogP contribution in [0.5, 0.6) is 0 Å². The molecule has 0 aliphatic rings. The van der Waals surface area contributed by atoms with Crippen LogP contribution in [-0.4, -0.2) is 6.04 Å². The maximum Gasteiger partial charge on any atom is 0.00156 e. The molecule has 12 heavy (non-hydrogen) atoms. The summed E-state index contributed by atoms with van der Waals surface area (Å²) < 4.78 is 0. The summed E-state index contributed by atoms with van der Waals surface area (Å²) in [6.07, 6.45) is 3.26. The van der Waals surface area contributed by atoms with E-state index in [1.165, 1.54) is 5.57 Å². The largest absolute Gasteiger partial charge is 0.328 e. The van der Waals surface area contributed by atoms with Gasteiger partial charge in [0.2, 0.25) is 0 Å². The molecule has 0 aromatic heterocycles. The normalized spacial score (nSPS) is 14.4. The van der Waals surface area contributed by atoms with Crippen molar-refractivity contribution >= 4 is 0 Å².